The highest BCUT2D eigenvalue weighted by Crippen LogP contribution is 2.10. The van der Waals surface area contributed by atoms with Crippen LogP contribution in [-0.4, -0.2) is 29.2 Å². The molecule has 0 saturated carbocycles. The van der Waals surface area contributed by atoms with Crippen molar-refractivity contribution in [2.45, 2.75) is 0 Å². The molecular weight excluding hydrogens is 232 g/mol. The van der Waals surface area contributed by atoms with Gasteiger partial charge in [-0.15, -0.1) is 0 Å². The molecule has 0 unspecified atom stereocenters. The largest absolute Gasteiger partial charge is 0.377 e. The van der Waals surface area contributed by atoms with Gasteiger partial charge in [0.15, 0.2) is 0 Å². The van der Waals surface area contributed by atoms with Crippen molar-refractivity contribution in [2.75, 3.05) is 19.0 Å². The van der Waals surface area contributed by atoms with E-state index in [1.54, 1.807) is 6.07 Å². The molecule has 0 aliphatic carbocycles. The lowest BCUT2D eigenvalue weighted by molar-refractivity contribution is -0.730. The summed E-state index contributed by atoms with van der Waals surface area (Å²) in [7, 11) is 3.94. The average Bonchev–Trinajstić information content (AvgIpc) is 2.39. The second kappa shape index (κ2) is 4.79. The normalized spacial score (nSPS) is 10.1. The van der Waals surface area contributed by atoms with Crippen LogP contribution >= 0.6 is 0 Å². The fourth-order valence-corrected chi connectivity index (χ4v) is 1.51. The van der Waals surface area contributed by atoms with Gasteiger partial charge in [-0.05, 0) is 4.98 Å². The molecule has 2 heterocycles. The minimum Gasteiger partial charge on any atom is -0.377 e. The third-order valence-electron chi connectivity index (χ3n) is 2.55. The van der Waals surface area contributed by atoms with Crippen LogP contribution in [0, 0.1) is 4.91 Å². The molecule has 1 N–H and O–H groups in total. The highest BCUT2D eigenvalue weighted by molar-refractivity contribution is 5.41. The fraction of sp³-hybridized carbons (Fsp3) is 0.167. The van der Waals surface area contributed by atoms with E-state index in [4.69, 9.17) is 5.21 Å². The molecule has 6 heteroatoms. The Balaban J connectivity index is 2.28. The Labute approximate surface area is 104 Å². The van der Waals surface area contributed by atoms with Gasteiger partial charge in [0.25, 0.3) is 4.92 Å². The molecule has 92 valence electrons. The van der Waals surface area contributed by atoms with Crippen LogP contribution in [0.1, 0.15) is 0 Å². The molecule has 0 radical (unpaired) electrons. The number of hydrogen-bond donors (Lipinski definition) is 1. The van der Waals surface area contributed by atoms with E-state index in [-0.39, 0.29) is 10.6 Å². The van der Waals surface area contributed by atoms with Crippen LogP contribution in [0.3, 0.4) is 0 Å². The summed E-state index contributed by atoms with van der Waals surface area (Å²) in [6, 6.07) is 7.08. The first-order valence-corrected chi connectivity index (χ1v) is 5.39. The molecule has 2 rings (SSSR count). The van der Waals surface area contributed by atoms with E-state index in [1.165, 1.54) is 12.3 Å². The predicted molar refractivity (Wildman–Crippen MR) is 65.2 cm³/mol. The van der Waals surface area contributed by atoms with E-state index in [2.05, 4.69) is 4.98 Å². The number of rotatable bonds is 3. The SMILES string of the molecule is CN(C)c1cc[n+](-c2ccc([N+](=O)O)cn2)cc1. The molecule has 2 aromatic heterocycles. The van der Waals surface area contributed by atoms with Gasteiger partial charge in [-0.3, -0.25) is 0 Å². The number of pyridine rings is 2. The molecule has 6 nitrogen and oxygen atoms in total. The smallest absolute Gasteiger partial charge is 0.359 e. The lowest BCUT2D eigenvalue weighted by Crippen LogP contribution is -2.31. The number of anilines is 1. The van der Waals surface area contributed by atoms with Gasteiger partial charge in [0, 0.05) is 44.0 Å². The van der Waals surface area contributed by atoms with Gasteiger partial charge in [-0.1, -0.05) is 0 Å². The summed E-state index contributed by atoms with van der Waals surface area (Å²) < 4.78 is 1.82. The van der Waals surface area contributed by atoms with Crippen LogP contribution in [0.2, 0.25) is 0 Å². The van der Waals surface area contributed by atoms with Crippen LogP contribution < -0.4 is 9.47 Å². The van der Waals surface area contributed by atoms with Crippen molar-refractivity contribution in [1.82, 2.24) is 4.98 Å². The molecule has 0 fully saturated rings. The van der Waals surface area contributed by atoms with Crippen molar-refractivity contribution < 1.29 is 14.7 Å². The van der Waals surface area contributed by atoms with Crippen LogP contribution in [0.5, 0.6) is 0 Å². The van der Waals surface area contributed by atoms with E-state index in [9.17, 15) is 4.91 Å². The lowest BCUT2D eigenvalue weighted by atomic mass is 10.3. The van der Waals surface area contributed by atoms with E-state index >= 15 is 0 Å². The first-order valence-electron chi connectivity index (χ1n) is 5.39. The Morgan fingerprint density at radius 1 is 1.22 bits per heavy atom. The highest BCUT2D eigenvalue weighted by Gasteiger charge is 2.16. The third kappa shape index (κ3) is 2.42. The lowest BCUT2D eigenvalue weighted by Gasteiger charge is -2.10. The topological polar surface area (TPSA) is 60.3 Å². The maximum absolute atomic E-state index is 10.6. The van der Waals surface area contributed by atoms with Crippen molar-refractivity contribution in [3.8, 4) is 5.82 Å². The molecular formula is C12H14N4O2+2. The van der Waals surface area contributed by atoms with Crippen molar-refractivity contribution in [3.05, 3.63) is 47.8 Å². The second-order valence-electron chi connectivity index (χ2n) is 4.01. The summed E-state index contributed by atoms with van der Waals surface area (Å²) in [6.07, 6.45) is 5.08. The zero-order valence-electron chi connectivity index (χ0n) is 10.2. The van der Waals surface area contributed by atoms with Crippen LogP contribution in [-0.2, 0) is 0 Å². The van der Waals surface area contributed by atoms with E-state index in [0.29, 0.717) is 5.82 Å². The van der Waals surface area contributed by atoms with Gasteiger partial charge in [-0.25, -0.2) is 9.77 Å². The molecule has 0 aromatic carbocycles. The molecule has 0 saturated heterocycles. The third-order valence-corrected chi connectivity index (χ3v) is 2.55. The van der Waals surface area contributed by atoms with E-state index < -0.39 is 0 Å². The Hall–Kier alpha value is -2.50. The molecule has 0 atom stereocenters. The summed E-state index contributed by atoms with van der Waals surface area (Å²) in [5.41, 5.74) is 1.19. The molecule has 2 aromatic rings. The fourth-order valence-electron chi connectivity index (χ4n) is 1.51. The Morgan fingerprint density at radius 2 is 1.89 bits per heavy atom. The van der Waals surface area contributed by atoms with Gasteiger partial charge in [0.05, 0.1) is 17.3 Å². The quantitative estimate of drug-likeness (QED) is 0.653. The van der Waals surface area contributed by atoms with Crippen molar-refractivity contribution >= 4 is 11.4 Å². The minimum atomic E-state index is -0.212. The molecule has 0 aliphatic rings. The van der Waals surface area contributed by atoms with Crippen molar-refractivity contribution in [1.29, 1.82) is 0 Å². The maximum Gasteiger partial charge on any atom is 0.359 e. The van der Waals surface area contributed by atoms with Crippen LogP contribution in [0.15, 0.2) is 42.9 Å². The van der Waals surface area contributed by atoms with Gasteiger partial charge >= 0.3 is 11.5 Å². The molecule has 0 bridgehead atoms. The summed E-state index contributed by atoms with van der Waals surface area (Å²) in [5, 5.41) is 8.71. The molecule has 0 spiro atoms. The first-order chi connectivity index (χ1) is 8.58. The van der Waals surface area contributed by atoms with E-state index in [0.717, 1.165) is 5.69 Å². The number of nitrogens with zero attached hydrogens (tertiary/aromatic N) is 4. The van der Waals surface area contributed by atoms with Crippen LogP contribution in [0.4, 0.5) is 11.4 Å². The van der Waals surface area contributed by atoms with Crippen molar-refractivity contribution in [2.24, 2.45) is 0 Å². The maximum atomic E-state index is 10.6. The average molecular weight is 246 g/mol. The summed E-state index contributed by atoms with van der Waals surface area (Å²) in [6.45, 7) is 0. The summed E-state index contributed by atoms with van der Waals surface area (Å²) in [5.74, 6) is 0.672. The minimum absolute atomic E-state index is 0.101. The zero-order chi connectivity index (χ0) is 13.1. The van der Waals surface area contributed by atoms with Gasteiger partial charge in [-0.2, -0.15) is 0 Å². The Morgan fingerprint density at radius 3 is 2.33 bits per heavy atom. The van der Waals surface area contributed by atoms with Gasteiger partial charge in [0.1, 0.15) is 0 Å². The molecule has 18 heavy (non-hydrogen) atoms. The number of aromatic nitrogens is 2. The summed E-state index contributed by atoms with van der Waals surface area (Å²) in [4.78, 5) is 16.5. The molecule has 0 aliphatic heterocycles. The second-order valence-corrected chi connectivity index (χ2v) is 4.01. The standard InChI is InChI=1S/C12H14N4O2/c1-14(2)10-5-7-15(8-6-10)12-4-3-11(9-13-12)16(17)18/h3-9H,1-2H3,(H,17,18)/q+2. The van der Waals surface area contributed by atoms with E-state index in [1.807, 2.05) is 48.1 Å². The zero-order valence-corrected chi connectivity index (χ0v) is 10.2. The predicted octanol–water partition coefficient (Wildman–Crippen LogP) is 1.22. The van der Waals surface area contributed by atoms with Gasteiger partial charge in [0.2, 0.25) is 6.20 Å². The van der Waals surface area contributed by atoms with Crippen molar-refractivity contribution in [3.63, 3.8) is 0 Å². The van der Waals surface area contributed by atoms with Crippen LogP contribution in [0.25, 0.3) is 5.82 Å². The Bertz CT molecular complexity index is 549. The molecule has 0 amide bonds. The number of hydrogen-bond acceptors (Lipinski definition) is 3. The highest BCUT2D eigenvalue weighted by atomic mass is 16.6. The summed E-state index contributed by atoms with van der Waals surface area (Å²) >= 11 is 0. The monoisotopic (exact) mass is 246 g/mol. The first kappa shape index (κ1) is 12.0. The van der Waals surface area contributed by atoms with Gasteiger partial charge < -0.3 is 4.90 Å². The Kier molecular flexibility index (Phi) is 3.18.